The van der Waals surface area contributed by atoms with Crippen LogP contribution in [0.3, 0.4) is 0 Å². The van der Waals surface area contributed by atoms with Gasteiger partial charge in [0.05, 0.1) is 5.71 Å². The molecule has 4 heteroatoms. The largest absolute Gasteiger partial charge is 0.475 e. The molecule has 0 saturated carbocycles. The van der Waals surface area contributed by atoms with Crippen molar-refractivity contribution in [2.24, 2.45) is 5.16 Å². The minimum atomic E-state index is -0.479. The molecule has 0 bridgehead atoms. The van der Waals surface area contributed by atoms with E-state index >= 15 is 0 Å². The SMILES string of the molecule is CCC(C#N)Oc1ccccc1C(C)=NO. The molecule has 1 aromatic rings. The zero-order valence-corrected chi connectivity index (χ0v) is 9.34. The molecule has 0 fully saturated rings. The molecule has 0 radical (unpaired) electrons. The van der Waals surface area contributed by atoms with Crippen molar-refractivity contribution in [1.29, 1.82) is 5.26 Å². The number of benzene rings is 1. The van der Waals surface area contributed by atoms with Gasteiger partial charge in [-0.2, -0.15) is 5.26 Å². The van der Waals surface area contributed by atoms with Crippen LogP contribution in [0.2, 0.25) is 0 Å². The van der Waals surface area contributed by atoms with Crippen LogP contribution in [0.25, 0.3) is 0 Å². The number of para-hydroxylation sites is 1. The first-order valence-corrected chi connectivity index (χ1v) is 5.07. The minimum Gasteiger partial charge on any atom is -0.475 e. The molecule has 1 rings (SSSR count). The van der Waals surface area contributed by atoms with Gasteiger partial charge in [-0.15, -0.1) is 0 Å². The lowest BCUT2D eigenvalue weighted by Crippen LogP contribution is -2.14. The molecular formula is C12H14N2O2. The average molecular weight is 218 g/mol. The van der Waals surface area contributed by atoms with Crippen LogP contribution in [0, 0.1) is 11.3 Å². The van der Waals surface area contributed by atoms with E-state index in [2.05, 4.69) is 11.2 Å². The predicted molar refractivity (Wildman–Crippen MR) is 60.8 cm³/mol. The second-order valence-corrected chi connectivity index (χ2v) is 3.33. The number of nitrogens with zero attached hydrogens (tertiary/aromatic N) is 2. The number of rotatable bonds is 4. The molecule has 1 N–H and O–H groups in total. The van der Waals surface area contributed by atoms with E-state index in [9.17, 15) is 0 Å². The summed E-state index contributed by atoms with van der Waals surface area (Å²) in [6.07, 6.45) is 0.132. The maximum Gasteiger partial charge on any atom is 0.184 e. The van der Waals surface area contributed by atoms with Crippen molar-refractivity contribution in [3.05, 3.63) is 29.8 Å². The van der Waals surface area contributed by atoms with Gasteiger partial charge in [0.2, 0.25) is 0 Å². The average Bonchev–Trinajstić information content (AvgIpc) is 2.35. The number of ether oxygens (including phenoxy) is 1. The normalized spacial score (nSPS) is 12.9. The minimum absolute atomic E-state index is 0.461. The zero-order chi connectivity index (χ0) is 12.0. The van der Waals surface area contributed by atoms with Crippen molar-refractivity contribution < 1.29 is 9.94 Å². The van der Waals surface area contributed by atoms with E-state index < -0.39 is 6.10 Å². The van der Waals surface area contributed by atoms with Crippen molar-refractivity contribution >= 4 is 5.71 Å². The summed E-state index contributed by atoms with van der Waals surface area (Å²) in [6.45, 7) is 3.55. The summed E-state index contributed by atoms with van der Waals surface area (Å²) in [6, 6.07) is 9.24. The highest BCUT2D eigenvalue weighted by Gasteiger charge is 2.11. The van der Waals surface area contributed by atoms with Gasteiger partial charge >= 0.3 is 0 Å². The Morgan fingerprint density at radius 2 is 2.25 bits per heavy atom. The standard InChI is InChI=1S/C12H14N2O2/c1-3-10(8-13)16-12-7-5-4-6-11(12)9(2)14-15/h4-7,10,15H,3H2,1-2H3. The van der Waals surface area contributed by atoms with Crippen LogP contribution in [-0.4, -0.2) is 17.0 Å². The van der Waals surface area contributed by atoms with E-state index in [-0.39, 0.29) is 0 Å². The fourth-order valence-electron chi connectivity index (χ4n) is 1.28. The Bertz CT molecular complexity index is 421. The third-order valence-electron chi connectivity index (χ3n) is 2.21. The molecule has 16 heavy (non-hydrogen) atoms. The number of hydrogen-bond acceptors (Lipinski definition) is 4. The second-order valence-electron chi connectivity index (χ2n) is 3.33. The maximum absolute atomic E-state index is 8.82. The number of hydrogen-bond donors (Lipinski definition) is 1. The monoisotopic (exact) mass is 218 g/mol. The van der Waals surface area contributed by atoms with E-state index in [1.807, 2.05) is 19.1 Å². The smallest absolute Gasteiger partial charge is 0.184 e. The van der Waals surface area contributed by atoms with E-state index in [1.54, 1.807) is 19.1 Å². The van der Waals surface area contributed by atoms with Gasteiger partial charge in [0.1, 0.15) is 11.8 Å². The third-order valence-corrected chi connectivity index (χ3v) is 2.21. The maximum atomic E-state index is 8.82. The van der Waals surface area contributed by atoms with Crippen LogP contribution in [0.15, 0.2) is 29.4 Å². The highest BCUT2D eigenvalue weighted by atomic mass is 16.5. The highest BCUT2D eigenvalue weighted by Crippen LogP contribution is 2.20. The third kappa shape index (κ3) is 2.74. The summed E-state index contributed by atoms with van der Waals surface area (Å²) in [5.41, 5.74) is 1.15. The first kappa shape index (κ1) is 12.1. The Morgan fingerprint density at radius 1 is 1.56 bits per heavy atom. The van der Waals surface area contributed by atoms with Crippen molar-refractivity contribution in [3.63, 3.8) is 0 Å². The molecule has 0 amide bonds. The van der Waals surface area contributed by atoms with Crippen LogP contribution in [0.5, 0.6) is 5.75 Å². The Labute approximate surface area is 94.8 Å². The molecule has 0 saturated heterocycles. The summed E-state index contributed by atoms with van der Waals surface area (Å²) in [7, 11) is 0. The molecule has 0 aromatic heterocycles. The lowest BCUT2D eigenvalue weighted by Gasteiger charge is -2.13. The van der Waals surface area contributed by atoms with Gasteiger partial charge in [0.25, 0.3) is 0 Å². The predicted octanol–water partition coefficient (Wildman–Crippen LogP) is 2.57. The van der Waals surface area contributed by atoms with Gasteiger partial charge in [-0.05, 0) is 25.5 Å². The lowest BCUT2D eigenvalue weighted by atomic mass is 10.1. The topological polar surface area (TPSA) is 65.6 Å². The zero-order valence-electron chi connectivity index (χ0n) is 9.34. The molecule has 0 aliphatic heterocycles. The fourth-order valence-corrected chi connectivity index (χ4v) is 1.28. The highest BCUT2D eigenvalue weighted by molar-refractivity contribution is 6.00. The summed E-state index contributed by atoms with van der Waals surface area (Å²) in [4.78, 5) is 0. The van der Waals surface area contributed by atoms with Crippen molar-refractivity contribution in [3.8, 4) is 11.8 Å². The van der Waals surface area contributed by atoms with Gasteiger partial charge in [-0.3, -0.25) is 0 Å². The number of nitriles is 1. The first-order valence-electron chi connectivity index (χ1n) is 5.07. The Balaban J connectivity index is 3.01. The van der Waals surface area contributed by atoms with Crippen LogP contribution >= 0.6 is 0 Å². The summed E-state index contributed by atoms with van der Waals surface area (Å²) in [5.74, 6) is 0.561. The summed E-state index contributed by atoms with van der Waals surface area (Å²) < 4.78 is 5.51. The van der Waals surface area contributed by atoms with Gasteiger partial charge in [0, 0.05) is 5.56 Å². The van der Waals surface area contributed by atoms with Crippen molar-refractivity contribution in [2.75, 3.05) is 0 Å². The van der Waals surface area contributed by atoms with Crippen LogP contribution in [0.1, 0.15) is 25.8 Å². The van der Waals surface area contributed by atoms with E-state index in [0.717, 1.165) is 0 Å². The van der Waals surface area contributed by atoms with Gasteiger partial charge in [0.15, 0.2) is 6.10 Å². The van der Waals surface area contributed by atoms with Gasteiger partial charge in [-0.1, -0.05) is 24.2 Å². The Morgan fingerprint density at radius 3 is 2.81 bits per heavy atom. The molecule has 1 atom stereocenters. The molecular weight excluding hydrogens is 204 g/mol. The van der Waals surface area contributed by atoms with Crippen molar-refractivity contribution in [2.45, 2.75) is 26.4 Å². The van der Waals surface area contributed by atoms with Gasteiger partial charge in [-0.25, -0.2) is 0 Å². The number of oxime groups is 1. The Hall–Kier alpha value is -2.02. The molecule has 84 valence electrons. The fraction of sp³-hybridized carbons (Fsp3) is 0.333. The van der Waals surface area contributed by atoms with Crippen LogP contribution in [0.4, 0.5) is 0 Å². The molecule has 1 unspecified atom stereocenters. The Kier molecular flexibility index (Phi) is 4.34. The van der Waals surface area contributed by atoms with E-state index in [0.29, 0.717) is 23.4 Å². The lowest BCUT2D eigenvalue weighted by molar-refractivity contribution is 0.251. The van der Waals surface area contributed by atoms with Crippen molar-refractivity contribution in [1.82, 2.24) is 0 Å². The van der Waals surface area contributed by atoms with Crippen LogP contribution in [-0.2, 0) is 0 Å². The second kappa shape index (κ2) is 5.76. The molecule has 4 nitrogen and oxygen atoms in total. The van der Waals surface area contributed by atoms with E-state index in [4.69, 9.17) is 15.2 Å². The molecule has 0 aliphatic carbocycles. The quantitative estimate of drug-likeness (QED) is 0.480. The molecule has 1 aromatic carbocycles. The molecule has 0 aliphatic rings. The first-order chi connectivity index (χ1) is 7.72. The van der Waals surface area contributed by atoms with E-state index in [1.165, 1.54) is 0 Å². The molecule has 0 heterocycles. The van der Waals surface area contributed by atoms with Crippen LogP contribution < -0.4 is 4.74 Å². The summed E-state index contributed by atoms with van der Waals surface area (Å²) in [5, 5.41) is 20.7. The van der Waals surface area contributed by atoms with Gasteiger partial charge < -0.3 is 9.94 Å². The molecule has 0 spiro atoms. The summed E-state index contributed by atoms with van der Waals surface area (Å²) >= 11 is 0.